The van der Waals surface area contributed by atoms with Gasteiger partial charge in [-0.15, -0.1) is 0 Å². The minimum atomic E-state index is -2.92. The van der Waals surface area contributed by atoms with Crippen LogP contribution in [-0.2, 0) is 10.8 Å². The summed E-state index contributed by atoms with van der Waals surface area (Å²) in [7, 11) is 0. The van der Waals surface area contributed by atoms with Gasteiger partial charge in [0.05, 0.1) is 12.1 Å². The van der Waals surface area contributed by atoms with Gasteiger partial charge in [0.25, 0.3) is 5.92 Å². The van der Waals surface area contributed by atoms with Crippen molar-refractivity contribution in [1.82, 2.24) is 5.48 Å². The van der Waals surface area contributed by atoms with Crippen LogP contribution in [0, 0.1) is 0 Å². The second-order valence-corrected chi connectivity index (χ2v) is 4.61. The molecule has 0 aliphatic heterocycles. The number of hydroxylamine groups is 1. The molecular weight excluding hydrogens is 212 g/mol. The number of nitrogens with one attached hydrogen (secondary N) is 1. The first kappa shape index (κ1) is 13.1. The lowest BCUT2D eigenvalue weighted by molar-refractivity contribution is -0.114. The quantitative estimate of drug-likeness (QED) is 0.801. The summed E-state index contributed by atoms with van der Waals surface area (Å²) in [6.07, 6.45) is 0. The van der Waals surface area contributed by atoms with Gasteiger partial charge in [-0.1, -0.05) is 30.3 Å². The number of halogens is 2. The summed E-state index contributed by atoms with van der Waals surface area (Å²) in [6.45, 7) is 4.84. The Morgan fingerprint density at radius 3 is 2.19 bits per heavy atom. The molecule has 2 nitrogen and oxygen atoms in total. The van der Waals surface area contributed by atoms with Gasteiger partial charge >= 0.3 is 0 Å². The summed E-state index contributed by atoms with van der Waals surface area (Å²) in [5.41, 5.74) is 1.82. The number of hydrogen-bond donors (Lipinski definition) is 1. The lowest BCUT2D eigenvalue weighted by Gasteiger charge is -2.22. The summed E-state index contributed by atoms with van der Waals surface area (Å²) in [5, 5.41) is 0. The number of hydrogen-bond acceptors (Lipinski definition) is 2. The van der Waals surface area contributed by atoms with Gasteiger partial charge in [-0.25, -0.2) is 0 Å². The normalized spacial score (nSPS) is 12.8. The Bertz CT molecular complexity index is 320. The molecule has 0 radical (unpaired) electrons. The van der Waals surface area contributed by atoms with Crippen LogP contribution in [0.2, 0.25) is 0 Å². The Morgan fingerprint density at radius 1 is 1.12 bits per heavy atom. The van der Waals surface area contributed by atoms with Crippen molar-refractivity contribution in [2.24, 2.45) is 0 Å². The summed E-state index contributed by atoms with van der Waals surface area (Å²) in [5.74, 6) is -2.92. The van der Waals surface area contributed by atoms with Crippen molar-refractivity contribution >= 4 is 0 Å². The zero-order chi connectivity index (χ0) is 12.2. The van der Waals surface area contributed by atoms with Crippen LogP contribution in [0.3, 0.4) is 0 Å². The first-order valence-corrected chi connectivity index (χ1v) is 5.15. The zero-order valence-corrected chi connectivity index (χ0v) is 9.76. The summed E-state index contributed by atoms with van der Waals surface area (Å²) < 4.78 is 27.2. The maximum Gasteiger partial charge on any atom is 0.287 e. The van der Waals surface area contributed by atoms with Crippen LogP contribution in [0.25, 0.3) is 0 Å². The molecule has 0 fully saturated rings. The second-order valence-electron chi connectivity index (χ2n) is 4.61. The Hall–Kier alpha value is -1.00. The van der Waals surface area contributed by atoms with Crippen LogP contribution < -0.4 is 5.48 Å². The van der Waals surface area contributed by atoms with E-state index >= 15 is 0 Å². The highest BCUT2D eigenvalue weighted by molar-refractivity contribution is 5.20. The van der Waals surface area contributed by atoms with E-state index in [1.54, 1.807) is 39.0 Å². The molecule has 0 saturated heterocycles. The lowest BCUT2D eigenvalue weighted by Crippen LogP contribution is -2.36. The smallest absolute Gasteiger partial charge is 0.287 e. The molecule has 0 aliphatic carbocycles. The molecule has 16 heavy (non-hydrogen) atoms. The van der Waals surface area contributed by atoms with Gasteiger partial charge in [0, 0.05) is 5.56 Å². The van der Waals surface area contributed by atoms with Gasteiger partial charge in [0.2, 0.25) is 0 Å². The SMILES string of the molecule is CC(C)(C)ONCC(F)(F)c1ccccc1. The Labute approximate surface area is 94.6 Å². The highest BCUT2D eigenvalue weighted by Gasteiger charge is 2.31. The molecule has 0 atom stereocenters. The molecule has 1 aromatic carbocycles. The fraction of sp³-hybridized carbons (Fsp3) is 0.500. The third-order valence-corrected chi connectivity index (χ3v) is 1.87. The maximum absolute atomic E-state index is 13.6. The van der Waals surface area contributed by atoms with Crippen molar-refractivity contribution in [2.75, 3.05) is 6.54 Å². The first-order chi connectivity index (χ1) is 7.31. The minimum absolute atomic E-state index is 0.0139. The molecule has 90 valence electrons. The predicted molar refractivity (Wildman–Crippen MR) is 59.2 cm³/mol. The second kappa shape index (κ2) is 4.89. The lowest BCUT2D eigenvalue weighted by atomic mass is 10.1. The molecule has 0 amide bonds. The average Bonchev–Trinajstić information content (AvgIpc) is 2.17. The van der Waals surface area contributed by atoms with Crippen molar-refractivity contribution in [3.8, 4) is 0 Å². The third-order valence-electron chi connectivity index (χ3n) is 1.87. The third kappa shape index (κ3) is 4.24. The van der Waals surface area contributed by atoms with Crippen molar-refractivity contribution < 1.29 is 13.6 Å². The molecule has 0 saturated carbocycles. The van der Waals surface area contributed by atoms with E-state index in [0.29, 0.717) is 0 Å². The van der Waals surface area contributed by atoms with Crippen molar-refractivity contribution in [3.63, 3.8) is 0 Å². The Balaban J connectivity index is 2.53. The van der Waals surface area contributed by atoms with Gasteiger partial charge in [-0.2, -0.15) is 14.3 Å². The number of alkyl halides is 2. The molecular formula is C12H17F2NO. The molecule has 0 bridgehead atoms. The monoisotopic (exact) mass is 229 g/mol. The van der Waals surface area contributed by atoms with E-state index in [1.165, 1.54) is 12.1 Å². The van der Waals surface area contributed by atoms with Crippen LogP contribution >= 0.6 is 0 Å². The standard InChI is InChI=1S/C12H17F2NO/c1-11(2,3)16-15-9-12(13,14)10-7-5-4-6-8-10/h4-8,15H,9H2,1-3H3. The van der Waals surface area contributed by atoms with E-state index < -0.39 is 18.1 Å². The van der Waals surface area contributed by atoms with Crippen LogP contribution in [0.5, 0.6) is 0 Å². The Kier molecular flexibility index (Phi) is 3.99. The van der Waals surface area contributed by atoms with Crippen molar-refractivity contribution in [1.29, 1.82) is 0 Å². The van der Waals surface area contributed by atoms with Gasteiger partial charge in [-0.05, 0) is 20.8 Å². The van der Waals surface area contributed by atoms with Gasteiger partial charge in [0.1, 0.15) is 0 Å². The summed E-state index contributed by atoms with van der Waals surface area (Å²) >= 11 is 0. The van der Waals surface area contributed by atoms with Gasteiger partial charge < -0.3 is 0 Å². The maximum atomic E-state index is 13.6. The highest BCUT2D eigenvalue weighted by Crippen LogP contribution is 2.26. The fourth-order valence-electron chi connectivity index (χ4n) is 1.13. The molecule has 1 rings (SSSR count). The summed E-state index contributed by atoms with van der Waals surface area (Å²) in [6, 6.07) is 7.69. The number of rotatable bonds is 4. The van der Waals surface area contributed by atoms with E-state index in [9.17, 15) is 8.78 Å². The van der Waals surface area contributed by atoms with E-state index in [-0.39, 0.29) is 5.56 Å². The Morgan fingerprint density at radius 2 is 1.69 bits per heavy atom. The van der Waals surface area contributed by atoms with Gasteiger partial charge in [-0.3, -0.25) is 4.84 Å². The van der Waals surface area contributed by atoms with E-state index in [0.717, 1.165) is 0 Å². The van der Waals surface area contributed by atoms with E-state index in [1.807, 2.05) is 0 Å². The molecule has 0 spiro atoms. The topological polar surface area (TPSA) is 21.3 Å². The van der Waals surface area contributed by atoms with E-state index in [4.69, 9.17) is 4.84 Å². The fourth-order valence-corrected chi connectivity index (χ4v) is 1.13. The van der Waals surface area contributed by atoms with Crippen molar-refractivity contribution in [2.45, 2.75) is 32.3 Å². The highest BCUT2D eigenvalue weighted by atomic mass is 19.3. The van der Waals surface area contributed by atoms with Crippen LogP contribution in [0.1, 0.15) is 26.3 Å². The molecule has 0 aromatic heterocycles. The van der Waals surface area contributed by atoms with Crippen molar-refractivity contribution in [3.05, 3.63) is 35.9 Å². The predicted octanol–water partition coefficient (Wildman–Crippen LogP) is 3.10. The van der Waals surface area contributed by atoms with Crippen LogP contribution in [0.4, 0.5) is 8.78 Å². The first-order valence-electron chi connectivity index (χ1n) is 5.15. The molecule has 0 unspecified atom stereocenters. The molecule has 0 heterocycles. The molecule has 4 heteroatoms. The largest absolute Gasteiger partial charge is 0.296 e. The molecule has 1 N–H and O–H groups in total. The average molecular weight is 229 g/mol. The molecule has 0 aliphatic rings. The summed E-state index contributed by atoms with van der Waals surface area (Å²) in [4.78, 5) is 5.06. The minimum Gasteiger partial charge on any atom is -0.296 e. The van der Waals surface area contributed by atoms with Crippen LogP contribution in [0.15, 0.2) is 30.3 Å². The van der Waals surface area contributed by atoms with E-state index in [2.05, 4.69) is 5.48 Å². The van der Waals surface area contributed by atoms with Gasteiger partial charge in [0.15, 0.2) is 0 Å². The molecule has 1 aromatic rings. The number of benzene rings is 1. The van der Waals surface area contributed by atoms with Crippen LogP contribution in [-0.4, -0.2) is 12.1 Å². The zero-order valence-electron chi connectivity index (χ0n) is 9.76.